The van der Waals surface area contributed by atoms with Crippen molar-refractivity contribution in [3.8, 4) is 0 Å². The van der Waals surface area contributed by atoms with Crippen LogP contribution in [0.15, 0.2) is 12.0 Å². The molecule has 13 heavy (non-hydrogen) atoms. The number of hydrogen-bond acceptors (Lipinski definition) is 1. The molecule has 0 atom stereocenters. The Labute approximate surface area is 70.6 Å². The van der Waals surface area contributed by atoms with Crippen molar-refractivity contribution in [1.82, 2.24) is 4.90 Å². The van der Waals surface area contributed by atoms with Gasteiger partial charge in [0, 0.05) is 20.2 Å². The average molecular weight is 207 g/mol. The maximum Gasteiger partial charge on any atom is 0.444 e. The van der Waals surface area contributed by atoms with E-state index in [1.165, 1.54) is 0 Å². The van der Waals surface area contributed by atoms with Crippen molar-refractivity contribution in [2.75, 3.05) is 7.05 Å². The van der Waals surface area contributed by atoms with Gasteiger partial charge >= 0.3 is 12.2 Å². The molecule has 0 unspecified atom stereocenters. The molecule has 7 heteroatoms. The lowest BCUT2D eigenvalue weighted by Gasteiger charge is -2.22. The van der Waals surface area contributed by atoms with Gasteiger partial charge in [0.1, 0.15) is 0 Å². The summed E-state index contributed by atoms with van der Waals surface area (Å²) in [5, 5.41) is 0. The first-order valence-electron chi connectivity index (χ1n) is 3.10. The molecule has 0 rings (SSSR count). The van der Waals surface area contributed by atoms with Crippen molar-refractivity contribution in [2.45, 2.75) is 19.1 Å². The lowest BCUT2D eigenvalue weighted by molar-refractivity contribution is -0.119. The van der Waals surface area contributed by atoms with Crippen LogP contribution < -0.4 is 0 Å². The fourth-order valence-corrected chi connectivity index (χ4v) is 0.357. The van der Waals surface area contributed by atoms with Crippen molar-refractivity contribution in [3.63, 3.8) is 0 Å². The van der Waals surface area contributed by atoms with Crippen LogP contribution in [0.1, 0.15) is 6.92 Å². The van der Waals surface area contributed by atoms with Crippen LogP contribution in [0.2, 0.25) is 0 Å². The van der Waals surface area contributed by atoms with Gasteiger partial charge in [0.05, 0.1) is 0 Å². The molecule has 0 aromatic heterocycles. The molecule has 78 valence electrons. The minimum Gasteiger partial charge on any atom is -0.320 e. The van der Waals surface area contributed by atoms with Crippen molar-refractivity contribution >= 4 is 0 Å². The first-order valence-corrected chi connectivity index (χ1v) is 3.10. The molecule has 0 aliphatic rings. The second kappa shape index (κ2) is 3.47. The van der Waals surface area contributed by atoms with Gasteiger partial charge in [-0.2, -0.15) is 22.0 Å². The van der Waals surface area contributed by atoms with Crippen molar-refractivity contribution in [2.24, 2.45) is 0 Å². The van der Waals surface area contributed by atoms with Gasteiger partial charge in [-0.05, 0) is 0 Å². The second-order valence-corrected chi connectivity index (χ2v) is 2.43. The first kappa shape index (κ1) is 12.1. The molecule has 0 spiro atoms. The molecule has 0 aromatic rings. The Morgan fingerprint density at radius 2 is 1.54 bits per heavy atom. The molecule has 0 bridgehead atoms. The summed E-state index contributed by atoms with van der Waals surface area (Å²) in [6, 6.07) is -3.53. The molecular formula is C6H7F6N. The summed E-state index contributed by atoms with van der Waals surface area (Å²) in [6.45, 7) is 0.354. The average Bonchev–Trinajstić information content (AvgIpc) is 1.82. The Balaban J connectivity index is 4.59. The van der Waals surface area contributed by atoms with Crippen molar-refractivity contribution < 1.29 is 26.3 Å². The van der Waals surface area contributed by atoms with Gasteiger partial charge in [0.15, 0.2) is 0 Å². The van der Waals surface area contributed by atoms with E-state index in [4.69, 9.17) is 0 Å². The fraction of sp³-hybridized carbons (Fsp3) is 0.667. The third-order valence-corrected chi connectivity index (χ3v) is 1.20. The van der Waals surface area contributed by atoms with Crippen LogP contribution in [-0.2, 0) is 0 Å². The molecular weight excluding hydrogens is 200 g/mol. The zero-order chi connectivity index (χ0) is 10.9. The highest BCUT2D eigenvalue weighted by molar-refractivity contribution is 4.98. The van der Waals surface area contributed by atoms with E-state index in [0.717, 1.165) is 0 Å². The highest BCUT2D eigenvalue weighted by Crippen LogP contribution is 2.28. The van der Waals surface area contributed by atoms with Crippen LogP contribution in [0.25, 0.3) is 0 Å². The minimum absolute atomic E-state index is 0.157. The summed E-state index contributed by atoms with van der Waals surface area (Å²) >= 11 is 0. The Bertz CT molecular complexity index is 200. The molecule has 1 nitrogen and oxygen atoms in total. The summed E-state index contributed by atoms with van der Waals surface area (Å²) in [7, 11) is 0.644. The molecule has 0 aliphatic heterocycles. The van der Waals surface area contributed by atoms with E-state index in [1.807, 2.05) is 0 Å². The lowest BCUT2D eigenvalue weighted by Crippen LogP contribution is -2.31. The molecule has 0 aliphatic carbocycles. The molecule has 0 heterocycles. The van der Waals surface area contributed by atoms with Crippen molar-refractivity contribution in [3.05, 3.63) is 12.0 Å². The predicted molar refractivity (Wildman–Crippen MR) is 33.6 cm³/mol. The molecule has 0 saturated carbocycles. The Kier molecular flexibility index (Phi) is 3.23. The molecule has 0 N–H and O–H groups in total. The van der Waals surface area contributed by atoms with Crippen LogP contribution in [-0.4, -0.2) is 24.2 Å². The van der Waals surface area contributed by atoms with Gasteiger partial charge < -0.3 is 4.90 Å². The van der Waals surface area contributed by atoms with Gasteiger partial charge in [-0.15, -0.1) is 0 Å². The van der Waals surface area contributed by atoms with E-state index in [0.29, 0.717) is 14.0 Å². The topological polar surface area (TPSA) is 3.24 Å². The van der Waals surface area contributed by atoms with Crippen LogP contribution in [0.5, 0.6) is 0 Å². The third kappa shape index (κ3) is 4.05. The van der Waals surface area contributed by atoms with E-state index < -0.39 is 18.0 Å². The SMILES string of the molecule is CN(C=C(F)C(F)(F)F)C(C)(F)F. The Hall–Kier alpha value is -0.880. The number of allylic oxidation sites excluding steroid dienone is 1. The Morgan fingerprint density at radius 1 is 1.15 bits per heavy atom. The number of halogens is 6. The highest BCUT2D eigenvalue weighted by atomic mass is 19.4. The van der Waals surface area contributed by atoms with Crippen LogP contribution in [0.3, 0.4) is 0 Å². The molecule has 0 amide bonds. The first-order chi connectivity index (χ1) is 5.55. The summed E-state index contributed by atoms with van der Waals surface area (Å²) in [6.07, 6.45) is -5.51. The fourth-order valence-electron chi connectivity index (χ4n) is 0.357. The normalized spacial score (nSPS) is 14.6. The third-order valence-electron chi connectivity index (χ3n) is 1.20. The standard InChI is InChI=1S/C6H7F6N/c1-5(8,9)13(2)3-4(7)6(10,11)12/h3H,1-2H3. The van der Waals surface area contributed by atoms with Gasteiger partial charge in [-0.25, -0.2) is 4.39 Å². The smallest absolute Gasteiger partial charge is 0.320 e. The van der Waals surface area contributed by atoms with Crippen molar-refractivity contribution in [1.29, 1.82) is 0 Å². The molecule has 0 fully saturated rings. The van der Waals surface area contributed by atoms with Crippen LogP contribution >= 0.6 is 0 Å². The van der Waals surface area contributed by atoms with E-state index in [9.17, 15) is 26.3 Å². The maximum atomic E-state index is 12.2. The van der Waals surface area contributed by atoms with Gasteiger partial charge in [-0.3, -0.25) is 0 Å². The summed E-state index contributed by atoms with van der Waals surface area (Å²) in [5.41, 5.74) is 0. The number of alkyl halides is 5. The quantitative estimate of drug-likeness (QED) is 0.497. The Morgan fingerprint density at radius 3 is 1.77 bits per heavy atom. The largest absolute Gasteiger partial charge is 0.444 e. The maximum absolute atomic E-state index is 12.2. The zero-order valence-corrected chi connectivity index (χ0v) is 6.79. The molecule has 0 aromatic carbocycles. The zero-order valence-electron chi connectivity index (χ0n) is 6.79. The highest BCUT2D eigenvalue weighted by Gasteiger charge is 2.37. The van der Waals surface area contributed by atoms with E-state index in [-0.39, 0.29) is 11.1 Å². The van der Waals surface area contributed by atoms with E-state index >= 15 is 0 Å². The van der Waals surface area contributed by atoms with Gasteiger partial charge in [-0.1, -0.05) is 0 Å². The molecule has 0 radical (unpaired) electrons. The van der Waals surface area contributed by atoms with Gasteiger partial charge in [0.2, 0.25) is 5.83 Å². The number of nitrogens with zero attached hydrogens (tertiary/aromatic N) is 1. The monoisotopic (exact) mass is 207 g/mol. The van der Waals surface area contributed by atoms with Crippen LogP contribution in [0.4, 0.5) is 26.3 Å². The molecule has 0 saturated heterocycles. The van der Waals surface area contributed by atoms with E-state index in [1.54, 1.807) is 0 Å². The summed E-state index contributed by atoms with van der Waals surface area (Å²) in [5.74, 6) is -2.56. The summed E-state index contributed by atoms with van der Waals surface area (Å²) in [4.78, 5) is -0.157. The summed E-state index contributed by atoms with van der Waals surface area (Å²) < 4.78 is 70.9. The number of rotatable bonds is 2. The minimum atomic E-state index is -5.22. The van der Waals surface area contributed by atoms with Crippen LogP contribution in [0, 0.1) is 0 Å². The second-order valence-electron chi connectivity index (χ2n) is 2.43. The number of hydrogen-bond donors (Lipinski definition) is 0. The predicted octanol–water partition coefficient (Wildman–Crippen LogP) is 2.90. The van der Waals surface area contributed by atoms with E-state index in [2.05, 4.69) is 0 Å². The lowest BCUT2D eigenvalue weighted by atomic mass is 10.5. The van der Waals surface area contributed by atoms with Gasteiger partial charge in [0.25, 0.3) is 0 Å².